The molecule has 2 aromatic heterocycles. The number of hydrogen-bond acceptors (Lipinski definition) is 4. The Morgan fingerprint density at radius 1 is 1.24 bits per heavy atom. The van der Waals surface area contributed by atoms with Gasteiger partial charge in [-0.05, 0) is 37.1 Å². The van der Waals surface area contributed by atoms with Crippen molar-refractivity contribution in [2.45, 2.75) is 20.3 Å². The fourth-order valence-electron chi connectivity index (χ4n) is 1.67. The number of rotatable bonds is 5. The second-order valence-corrected chi connectivity index (χ2v) is 5.04. The molecule has 110 valence electrons. The standard InChI is InChI=1S/C15H17ClN4O/c1-3-8-17-12-7-5-11(16)14(19-12)15(21)20-13-6-4-10(2)9-18-13/h4-7,9H,3,8H2,1-2H3,(H,17,19)(H,18,20,21). The van der Waals surface area contributed by atoms with Crippen molar-refractivity contribution in [3.05, 3.63) is 46.7 Å². The minimum Gasteiger partial charge on any atom is -0.370 e. The van der Waals surface area contributed by atoms with Crippen molar-refractivity contribution < 1.29 is 4.79 Å². The van der Waals surface area contributed by atoms with Gasteiger partial charge in [0.2, 0.25) is 0 Å². The molecule has 0 aliphatic heterocycles. The minimum atomic E-state index is -0.378. The van der Waals surface area contributed by atoms with Crippen LogP contribution in [0.2, 0.25) is 5.02 Å². The molecule has 1 amide bonds. The van der Waals surface area contributed by atoms with E-state index in [1.807, 2.05) is 13.0 Å². The molecule has 0 radical (unpaired) electrons. The molecular formula is C15H17ClN4O. The lowest BCUT2D eigenvalue weighted by atomic mass is 10.3. The smallest absolute Gasteiger partial charge is 0.277 e. The molecule has 0 unspecified atom stereocenters. The quantitative estimate of drug-likeness (QED) is 0.887. The van der Waals surface area contributed by atoms with E-state index in [1.54, 1.807) is 24.4 Å². The first kappa shape index (κ1) is 15.3. The van der Waals surface area contributed by atoms with Gasteiger partial charge in [-0.15, -0.1) is 0 Å². The summed E-state index contributed by atoms with van der Waals surface area (Å²) < 4.78 is 0. The van der Waals surface area contributed by atoms with E-state index in [-0.39, 0.29) is 11.6 Å². The Kier molecular flexibility index (Phi) is 5.11. The zero-order valence-electron chi connectivity index (χ0n) is 12.0. The third-order valence-corrected chi connectivity index (χ3v) is 3.08. The van der Waals surface area contributed by atoms with E-state index in [4.69, 9.17) is 11.6 Å². The molecule has 6 heteroatoms. The summed E-state index contributed by atoms with van der Waals surface area (Å²) in [6, 6.07) is 7.01. The topological polar surface area (TPSA) is 66.9 Å². The molecule has 0 atom stereocenters. The van der Waals surface area contributed by atoms with Crippen LogP contribution >= 0.6 is 11.6 Å². The van der Waals surface area contributed by atoms with Gasteiger partial charge in [-0.1, -0.05) is 24.6 Å². The summed E-state index contributed by atoms with van der Waals surface area (Å²) in [6.07, 6.45) is 2.66. The highest BCUT2D eigenvalue weighted by Crippen LogP contribution is 2.18. The number of nitrogens with one attached hydrogen (secondary N) is 2. The Labute approximate surface area is 128 Å². The van der Waals surface area contributed by atoms with Crippen molar-refractivity contribution in [1.29, 1.82) is 0 Å². The predicted octanol–water partition coefficient (Wildman–Crippen LogP) is 3.51. The average Bonchev–Trinajstić information content (AvgIpc) is 2.48. The van der Waals surface area contributed by atoms with Crippen molar-refractivity contribution in [1.82, 2.24) is 9.97 Å². The molecule has 0 aromatic carbocycles. The summed E-state index contributed by atoms with van der Waals surface area (Å²) in [5.74, 6) is 0.718. The summed E-state index contributed by atoms with van der Waals surface area (Å²) in [5.41, 5.74) is 1.20. The number of anilines is 2. The lowest BCUT2D eigenvalue weighted by molar-refractivity contribution is 0.102. The summed E-state index contributed by atoms with van der Waals surface area (Å²) >= 11 is 6.05. The van der Waals surface area contributed by atoms with Gasteiger partial charge >= 0.3 is 0 Å². The second kappa shape index (κ2) is 7.04. The van der Waals surface area contributed by atoms with Crippen LogP contribution in [0.3, 0.4) is 0 Å². The Morgan fingerprint density at radius 3 is 2.67 bits per heavy atom. The molecular weight excluding hydrogens is 288 g/mol. The van der Waals surface area contributed by atoms with Crippen LogP contribution in [-0.2, 0) is 0 Å². The number of halogens is 1. The van der Waals surface area contributed by atoms with E-state index in [2.05, 4.69) is 27.5 Å². The molecule has 0 bridgehead atoms. The second-order valence-electron chi connectivity index (χ2n) is 4.63. The highest BCUT2D eigenvalue weighted by molar-refractivity contribution is 6.34. The monoisotopic (exact) mass is 304 g/mol. The van der Waals surface area contributed by atoms with Crippen LogP contribution in [-0.4, -0.2) is 22.4 Å². The summed E-state index contributed by atoms with van der Waals surface area (Å²) in [7, 11) is 0. The minimum absolute atomic E-state index is 0.181. The summed E-state index contributed by atoms with van der Waals surface area (Å²) in [5, 5.41) is 6.11. The Hall–Kier alpha value is -2.14. The van der Waals surface area contributed by atoms with Gasteiger partial charge in [-0.25, -0.2) is 9.97 Å². The maximum atomic E-state index is 12.2. The van der Waals surface area contributed by atoms with Crippen LogP contribution in [0, 0.1) is 6.92 Å². The first-order valence-corrected chi connectivity index (χ1v) is 7.12. The van der Waals surface area contributed by atoms with Crippen LogP contribution < -0.4 is 10.6 Å². The first-order chi connectivity index (χ1) is 10.1. The van der Waals surface area contributed by atoms with Crippen LogP contribution in [0.25, 0.3) is 0 Å². The molecule has 0 aliphatic rings. The van der Waals surface area contributed by atoms with Gasteiger partial charge in [0.25, 0.3) is 5.91 Å². The number of pyridine rings is 2. The lowest BCUT2D eigenvalue weighted by Crippen LogP contribution is -2.16. The van der Waals surface area contributed by atoms with Crippen LogP contribution in [0.15, 0.2) is 30.5 Å². The fraction of sp³-hybridized carbons (Fsp3) is 0.267. The average molecular weight is 305 g/mol. The molecule has 2 N–H and O–H groups in total. The summed E-state index contributed by atoms with van der Waals surface area (Å²) in [6.45, 7) is 4.77. The highest BCUT2D eigenvalue weighted by Gasteiger charge is 2.14. The Balaban J connectivity index is 2.15. The van der Waals surface area contributed by atoms with Crippen molar-refractivity contribution in [3.8, 4) is 0 Å². The molecule has 5 nitrogen and oxygen atoms in total. The number of nitrogens with zero attached hydrogens (tertiary/aromatic N) is 2. The molecule has 21 heavy (non-hydrogen) atoms. The van der Waals surface area contributed by atoms with Crippen molar-refractivity contribution >= 4 is 29.1 Å². The number of aromatic nitrogens is 2. The predicted molar refractivity (Wildman–Crippen MR) is 85.0 cm³/mol. The Bertz CT molecular complexity index is 628. The van der Waals surface area contributed by atoms with Gasteiger partial charge in [0, 0.05) is 12.7 Å². The van der Waals surface area contributed by atoms with Crippen LogP contribution in [0.4, 0.5) is 11.6 Å². The number of aryl methyl sites for hydroxylation is 1. The van der Waals surface area contributed by atoms with Crippen LogP contribution in [0.5, 0.6) is 0 Å². The molecule has 0 spiro atoms. The van der Waals surface area contributed by atoms with E-state index in [1.165, 1.54) is 0 Å². The van der Waals surface area contributed by atoms with E-state index < -0.39 is 0 Å². The third-order valence-electron chi connectivity index (χ3n) is 2.77. The summed E-state index contributed by atoms with van der Waals surface area (Å²) in [4.78, 5) is 20.6. The molecule has 0 aliphatic carbocycles. The lowest BCUT2D eigenvalue weighted by Gasteiger charge is -2.09. The van der Waals surface area contributed by atoms with Gasteiger partial charge in [0.05, 0.1) is 5.02 Å². The zero-order chi connectivity index (χ0) is 15.2. The number of carbonyl (C=O) groups is 1. The molecule has 0 fully saturated rings. The number of carbonyl (C=O) groups excluding carboxylic acids is 1. The van der Waals surface area contributed by atoms with Gasteiger partial charge in [0.15, 0.2) is 0 Å². The number of hydrogen-bond donors (Lipinski definition) is 2. The molecule has 2 rings (SSSR count). The van der Waals surface area contributed by atoms with Crippen LogP contribution in [0.1, 0.15) is 29.4 Å². The van der Waals surface area contributed by atoms with Gasteiger partial charge < -0.3 is 10.6 Å². The van der Waals surface area contributed by atoms with Crippen molar-refractivity contribution in [2.75, 3.05) is 17.2 Å². The maximum absolute atomic E-state index is 12.2. The molecule has 0 saturated heterocycles. The molecule has 2 aromatic rings. The highest BCUT2D eigenvalue weighted by atomic mass is 35.5. The van der Waals surface area contributed by atoms with Crippen molar-refractivity contribution in [2.24, 2.45) is 0 Å². The SMILES string of the molecule is CCCNc1ccc(Cl)c(C(=O)Nc2ccc(C)cn2)n1. The third kappa shape index (κ3) is 4.16. The zero-order valence-corrected chi connectivity index (χ0v) is 12.7. The molecule has 2 heterocycles. The Morgan fingerprint density at radius 2 is 2.00 bits per heavy atom. The largest absolute Gasteiger partial charge is 0.370 e. The fourth-order valence-corrected chi connectivity index (χ4v) is 1.86. The van der Waals surface area contributed by atoms with E-state index in [0.29, 0.717) is 16.7 Å². The van der Waals surface area contributed by atoms with E-state index >= 15 is 0 Å². The first-order valence-electron chi connectivity index (χ1n) is 6.74. The maximum Gasteiger partial charge on any atom is 0.277 e. The van der Waals surface area contributed by atoms with Crippen molar-refractivity contribution in [3.63, 3.8) is 0 Å². The van der Waals surface area contributed by atoms with Gasteiger partial charge in [-0.2, -0.15) is 0 Å². The van der Waals surface area contributed by atoms with Gasteiger partial charge in [-0.3, -0.25) is 4.79 Å². The van der Waals surface area contributed by atoms with E-state index in [0.717, 1.165) is 18.5 Å². The number of amides is 1. The normalized spacial score (nSPS) is 10.2. The van der Waals surface area contributed by atoms with E-state index in [9.17, 15) is 4.79 Å². The molecule has 0 saturated carbocycles. The van der Waals surface area contributed by atoms with Gasteiger partial charge in [0.1, 0.15) is 17.3 Å².